The number of methoxy groups -OCH3 is 1. The first-order chi connectivity index (χ1) is 17.0. The topological polar surface area (TPSA) is 115 Å². The van der Waals surface area contributed by atoms with Crippen LogP contribution in [0.1, 0.15) is 54.9 Å². The molecule has 5 rings (SSSR count). The highest BCUT2D eigenvalue weighted by atomic mass is 19.1. The Morgan fingerprint density at radius 2 is 2.11 bits per heavy atom. The number of hydrogen-bond acceptors (Lipinski definition) is 7. The van der Waals surface area contributed by atoms with Gasteiger partial charge >= 0.3 is 0 Å². The summed E-state index contributed by atoms with van der Waals surface area (Å²) in [6.45, 7) is 0. The van der Waals surface area contributed by atoms with Crippen LogP contribution in [-0.4, -0.2) is 57.5 Å². The van der Waals surface area contributed by atoms with Crippen LogP contribution < -0.4 is 21.5 Å². The van der Waals surface area contributed by atoms with Crippen molar-refractivity contribution in [2.75, 3.05) is 24.8 Å². The van der Waals surface area contributed by atoms with Crippen LogP contribution in [0.3, 0.4) is 0 Å². The van der Waals surface area contributed by atoms with E-state index in [9.17, 15) is 14.0 Å². The third-order valence-electron chi connectivity index (χ3n) is 7.04. The van der Waals surface area contributed by atoms with Crippen molar-refractivity contribution in [3.63, 3.8) is 0 Å². The molecule has 1 amide bonds. The summed E-state index contributed by atoms with van der Waals surface area (Å²) in [5.74, 6) is 0.540. The Kier molecular flexibility index (Phi) is 6.42. The number of hydrogen-bond donors (Lipinski definition) is 3. The zero-order valence-corrected chi connectivity index (χ0v) is 19.8. The van der Waals surface area contributed by atoms with E-state index in [2.05, 4.69) is 26.0 Å². The van der Waals surface area contributed by atoms with Crippen LogP contribution in [-0.2, 0) is 4.74 Å². The largest absolute Gasteiger partial charge is 0.381 e. The van der Waals surface area contributed by atoms with Crippen molar-refractivity contribution < 1.29 is 13.9 Å². The molecule has 35 heavy (non-hydrogen) atoms. The maximum absolute atomic E-state index is 13.7. The van der Waals surface area contributed by atoms with Gasteiger partial charge in [-0.3, -0.25) is 9.59 Å². The Balaban J connectivity index is 1.44. The van der Waals surface area contributed by atoms with Crippen molar-refractivity contribution in [1.82, 2.24) is 24.5 Å². The average Bonchev–Trinajstić information content (AvgIpc) is 3.31. The maximum atomic E-state index is 13.7. The quantitative estimate of drug-likeness (QED) is 0.473. The van der Waals surface area contributed by atoms with Gasteiger partial charge in [-0.2, -0.15) is 9.61 Å². The lowest BCUT2D eigenvalue weighted by Crippen LogP contribution is -2.48. The van der Waals surface area contributed by atoms with Crippen molar-refractivity contribution in [1.29, 1.82) is 0 Å². The Morgan fingerprint density at radius 3 is 2.83 bits per heavy atom. The molecule has 2 fully saturated rings. The number of nitrogens with zero attached hydrogens (tertiary/aromatic N) is 4. The molecular formula is C24H30FN7O3. The molecule has 0 spiro atoms. The van der Waals surface area contributed by atoms with E-state index < -0.39 is 18.1 Å². The molecule has 3 aromatic rings. The Labute approximate surface area is 201 Å². The molecular weight excluding hydrogens is 453 g/mol. The van der Waals surface area contributed by atoms with Crippen LogP contribution in [0.15, 0.2) is 35.4 Å². The smallest absolute Gasteiger partial charge is 0.274 e. The number of nitrogens with one attached hydrogen (secondary N) is 3. The first-order valence-corrected chi connectivity index (χ1v) is 12.0. The van der Waals surface area contributed by atoms with Gasteiger partial charge in [0.25, 0.3) is 11.5 Å². The molecule has 2 aliphatic carbocycles. The lowest BCUT2D eigenvalue weighted by molar-refractivity contribution is 0.0525. The van der Waals surface area contributed by atoms with Gasteiger partial charge in [0.15, 0.2) is 5.65 Å². The summed E-state index contributed by atoms with van der Waals surface area (Å²) >= 11 is 0. The number of aromatic nitrogens is 4. The van der Waals surface area contributed by atoms with Gasteiger partial charge in [-0.15, -0.1) is 0 Å². The minimum Gasteiger partial charge on any atom is -0.381 e. The fraction of sp³-hybridized carbons (Fsp3) is 0.500. The van der Waals surface area contributed by atoms with E-state index in [1.54, 1.807) is 30.9 Å². The molecule has 0 radical (unpaired) electrons. The number of carbonyl (C=O) groups is 1. The van der Waals surface area contributed by atoms with Crippen LogP contribution in [0, 0.1) is 0 Å². The highest BCUT2D eigenvalue weighted by Crippen LogP contribution is 2.29. The van der Waals surface area contributed by atoms with Gasteiger partial charge < -0.3 is 25.3 Å². The number of amides is 1. The second kappa shape index (κ2) is 9.65. The molecule has 0 bridgehead atoms. The Morgan fingerprint density at radius 1 is 1.26 bits per heavy atom. The average molecular weight is 484 g/mol. The number of halogens is 1. The monoisotopic (exact) mass is 483 g/mol. The van der Waals surface area contributed by atoms with Crippen LogP contribution in [0.2, 0.25) is 0 Å². The van der Waals surface area contributed by atoms with Crippen LogP contribution in [0.25, 0.3) is 5.65 Å². The predicted octanol–water partition coefficient (Wildman–Crippen LogP) is 3.04. The van der Waals surface area contributed by atoms with Crippen molar-refractivity contribution >= 4 is 28.9 Å². The van der Waals surface area contributed by atoms with Gasteiger partial charge in [0.2, 0.25) is 0 Å². The van der Waals surface area contributed by atoms with E-state index in [-0.39, 0.29) is 23.3 Å². The molecule has 3 aromatic heterocycles. The lowest BCUT2D eigenvalue weighted by Gasteiger charge is -2.30. The Bertz CT molecular complexity index is 1290. The standard InChI is InChI=1S/C24H30FN7O3/c1-26-21-12-20(30-22-16(13-27-32(21)22)23(33)29-18-9-8-17(18)25)28-19-7-4-10-31(24(19)34)14-5-3-6-15(11-14)35-2/h4,7,10,12-15,17-18,26H,3,5-6,8-9,11H2,1-2H3,(H,28,30)(H,29,33)/t14-,15-,17-,18-/m0/s1. The summed E-state index contributed by atoms with van der Waals surface area (Å²) < 4.78 is 22.5. The summed E-state index contributed by atoms with van der Waals surface area (Å²) in [6.07, 6.45) is 7.15. The first-order valence-electron chi connectivity index (χ1n) is 12.0. The molecule has 0 saturated heterocycles. The van der Waals surface area contributed by atoms with E-state index in [4.69, 9.17) is 4.74 Å². The molecule has 10 nitrogen and oxygen atoms in total. The summed E-state index contributed by atoms with van der Waals surface area (Å²) in [5.41, 5.74) is 0.777. The second-order valence-electron chi connectivity index (χ2n) is 9.18. The first kappa shape index (κ1) is 23.3. The molecule has 11 heteroatoms. The number of fused-ring (bicyclic) bond motifs is 1. The van der Waals surface area contributed by atoms with E-state index in [1.807, 2.05) is 12.3 Å². The predicted molar refractivity (Wildman–Crippen MR) is 130 cm³/mol. The molecule has 3 heterocycles. The van der Waals surface area contributed by atoms with Gasteiger partial charge in [-0.05, 0) is 50.7 Å². The third kappa shape index (κ3) is 4.47. The lowest BCUT2D eigenvalue weighted by atomic mass is 9.90. The van der Waals surface area contributed by atoms with Gasteiger partial charge in [0.05, 0.1) is 18.3 Å². The molecule has 0 unspecified atom stereocenters. The normalized spacial score (nSPS) is 24.1. The summed E-state index contributed by atoms with van der Waals surface area (Å²) in [6, 6.07) is 4.85. The number of carbonyl (C=O) groups excluding carboxylic acids is 1. The van der Waals surface area contributed by atoms with E-state index in [1.165, 1.54) is 10.7 Å². The number of ether oxygens (including phenoxy) is 1. The zero-order chi connectivity index (χ0) is 24.5. The van der Waals surface area contributed by atoms with Crippen LogP contribution in [0.4, 0.5) is 21.7 Å². The van der Waals surface area contributed by atoms with Crippen LogP contribution in [0.5, 0.6) is 0 Å². The number of anilines is 3. The molecule has 4 atom stereocenters. The summed E-state index contributed by atoms with van der Waals surface area (Å²) in [4.78, 5) is 30.7. The van der Waals surface area contributed by atoms with Crippen molar-refractivity contribution in [2.45, 2.75) is 62.9 Å². The third-order valence-corrected chi connectivity index (χ3v) is 7.04. The van der Waals surface area contributed by atoms with E-state index in [0.717, 1.165) is 25.7 Å². The zero-order valence-electron chi connectivity index (χ0n) is 19.8. The number of alkyl halides is 1. The van der Waals surface area contributed by atoms with Crippen molar-refractivity contribution in [3.8, 4) is 0 Å². The molecule has 2 aliphatic rings. The maximum Gasteiger partial charge on any atom is 0.274 e. The van der Waals surface area contributed by atoms with E-state index >= 15 is 0 Å². The molecule has 3 N–H and O–H groups in total. The van der Waals surface area contributed by atoms with Gasteiger partial charge in [-0.1, -0.05) is 0 Å². The molecule has 0 aliphatic heterocycles. The van der Waals surface area contributed by atoms with Crippen molar-refractivity contribution in [3.05, 3.63) is 46.5 Å². The van der Waals surface area contributed by atoms with Crippen LogP contribution >= 0.6 is 0 Å². The Hall–Kier alpha value is -3.47. The highest BCUT2D eigenvalue weighted by molar-refractivity contribution is 6.00. The molecule has 0 aromatic carbocycles. The second-order valence-corrected chi connectivity index (χ2v) is 9.18. The SMILES string of the molecule is CNc1cc(Nc2cccn([C@H]3CCC[C@H](OC)C3)c2=O)nc2c(C(=O)N[C@H]3CC[C@@H]3F)cnn12. The summed E-state index contributed by atoms with van der Waals surface area (Å²) in [5, 5.41) is 13.1. The van der Waals surface area contributed by atoms with Gasteiger partial charge in [0, 0.05) is 32.5 Å². The van der Waals surface area contributed by atoms with E-state index in [0.29, 0.717) is 35.8 Å². The van der Waals surface area contributed by atoms with Gasteiger partial charge in [0.1, 0.15) is 29.1 Å². The number of pyridine rings is 1. The fourth-order valence-electron chi connectivity index (χ4n) is 4.85. The van der Waals surface area contributed by atoms with Gasteiger partial charge in [-0.25, -0.2) is 9.37 Å². The minimum atomic E-state index is -1.03. The molecule has 186 valence electrons. The fourth-order valence-corrected chi connectivity index (χ4v) is 4.85. The summed E-state index contributed by atoms with van der Waals surface area (Å²) in [7, 11) is 3.44. The number of rotatable bonds is 7. The molecule has 2 saturated carbocycles. The minimum absolute atomic E-state index is 0.0715. The highest BCUT2D eigenvalue weighted by Gasteiger charge is 2.33. The van der Waals surface area contributed by atoms with Crippen molar-refractivity contribution in [2.24, 2.45) is 0 Å².